The van der Waals surface area contributed by atoms with Gasteiger partial charge in [0, 0.05) is 18.1 Å². The van der Waals surface area contributed by atoms with Crippen LogP contribution in [0.25, 0.3) is 0 Å². The molecule has 0 aliphatic carbocycles. The largest absolute Gasteiger partial charge is 0.354 e. The molecule has 3 rings (SSSR count). The molecule has 0 spiro atoms. The summed E-state index contributed by atoms with van der Waals surface area (Å²) >= 11 is 6.04. The van der Waals surface area contributed by atoms with Crippen molar-refractivity contribution in [3.63, 3.8) is 0 Å². The molecular weight excluding hydrogens is 534 g/mol. The van der Waals surface area contributed by atoms with Crippen molar-refractivity contribution in [2.45, 2.75) is 58.0 Å². The van der Waals surface area contributed by atoms with Gasteiger partial charge < -0.3 is 10.2 Å². The molecule has 3 aromatic carbocycles. The minimum Gasteiger partial charge on any atom is -0.354 e. The van der Waals surface area contributed by atoms with Crippen LogP contribution in [0.2, 0.25) is 5.02 Å². The second-order valence-electron chi connectivity index (χ2n) is 9.63. The number of anilines is 1. The molecule has 0 bridgehead atoms. The van der Waals surface area contributed by atoms with Crippen molar-refractivity contribution < 1.29 is 18.0 Å². The minimum absolute atomic E-state index is 0.0806. The SMILES string of the molecule is CCCCNC(=O)[C@@H](C)N(Cc1ccc(Cl)cc1)C(=O)CN(c1cccc(C)c1)S(=O)(=O)c1ccc(C)cc1. The molecule has 3 aromatic rings. The molecule has 0 saturated heterocycles. The summed E-state index contributed by atoms with van der Waals surface area (Å²) in [5.41, 5.74) is 2.91. The van der Waals surface area contributed by atoms with Gasteiger partial charge in [-0.25, -0.2) is 8.42 Å². The van der Waals surface area contributed by atoms with Crippen LogP contribution in [0.15, 0.2) is 77.7 Å². The summed E-state index contributed by atoms with van der Waals surface area (Å²) in [5, 5.41) is 3.43. The molecule has 2 amide bonds. The summed E-state index contributed by atoms with van der Waals surface area (Å²) in [4.78, 5) is 28.4. The Morgan fingerprint density at radius 2 is 1.62 bits per heavy atom. The zero-order valence-electron chi connectivity index (χ0n) is 22.9. The second-order valence-corrected chi connectivity index (χ2v) is 11.9. The fraction of sp³-hybridized carbons (Fsp3) is 0.333. The van der Waals surface area contributed by atoms with Gasteiger partial charge in [-0.2, -0.15) is 0 Å². The van der Waals surface area contributed by atoms with Crippen LogP contribution < -0.4 is 9.62 Å². The number of halogens is 1. The van der Waals surface area contributed by atoms with E-state index in [0.29, 0.717) is 17.3 Å². The number of carbonyl (C=O) groups excluding carboxylic acids is 2. The Morgan fingerprint density at radius 1 is 0.949 bits per heavy atom. The highest BCUT2D eigenvalue weighted by Gasteiger charge is 2.32. The molecule has 1 atom stereocenters. The number of rotatable bonds is 12. The number of amides is 2. The number of aryl methyl sites for hydroxylation is 2. The van der Waals surface area contributed by atoms with Gasteiger partial charge >= 0.3 is 0 Å². The third-order valence-corrected chi connectivity index (χ3v) is 8.48. The number of benzene rings is 3. The van der Waals surface area contributed by atoms with Crippen LogP contribution in [-0.4, -0.2) is 44.3 Å². The molecule has 7 nitrogen and oxygen atoms in total. The Balaban J connectivity index is 1.99. The molecule has 0 heterocycles. The van der Waals surface area contributed by atoms with E-state index in [1.54, 1.807) is 61.5 Å². The Bertz CT molecular complexity index is 1380. The molecule has 0 radical (unpaired) electrons. The number of carbonyl (C=O) groups is 2. The maximum Gasteiger partial charge on any atom is 0.264 e. The monoisotopic (exact) mass is 569 g/mol. The first-order valence-electron chi connectivity index (χ1n) is 13.0. The zero-order valence-corrected chi connectivity index (χ0v) is 24.4. The number of sulfonamides is 1. The highest BCUT2D eigenvalue weighted by Crippen LogP contribution is 2.26. The smallest absolute Gasteiger partial charge is 0.264 e. The van der Waals surface area contributed by atoms with E-state index in [1.807, 2.05) is 26.8 Å². The van der Waals surface area contributed by atoms with Gasteiger partial charge in [-0.15, -0.1) is 0 Å². The van der Waals surface area contributed by atoms with E-state index in [2.05, 4.69) is 5.32 Å². The highest BCUT2D eigenvalue weighted by atomic mass is 35.5. The van der Waals surface area contributed by atoms with E-state index in [9.17, 15) is 18.0 Å². The lowest BCUT2D eigenvalue weighted by Gasteiger charge is -2.32. The number of hydrogen-bond donors (Lipinski definition) is 1. The van der Waals surface area contributed by atoms with Crippen molar-refractivity contribution in [1.82, 2.24) is 10.2 Å². The summed E-state index contributed by atoms with van der Waals surface area (Å²) in [6.45, 7) is 7.56. The van der Waals surface area contributed by atoms with Crippen molar-refractivity contribution >= 4 is 39.1 Å². The Kier molecular flexibility index (Phi) is 10.5. The molecule has 0 fully saturated rings. The summed E-state index contributed by atoms with van der Waals surface area (Å²) < 4.78 is 28.8. The van der Waals surface area contributed by atoms with Gasteiger partial charge in [0.05, 0.1) is 10.6 Å². The normalized spacial score (nSPS) is 12.0. The maximum absolute atomic E-state index is 13.9. The van der Waals surface area contributed by atoms with Gasteiger partial charge in [0.1, 0.15) is 12.6 Å². The molecular formula is C30H36ClN3O4S. The summed E-state index contributed by atoms with van der Waals surface area (Å²) in [5.74, 6) is -0.797. The predicted octanol–water partition coefficient (Wildman–Crippen LogP) is 5.49. The standard InChI is InChI=1S/C30H36ClN3O4S/c1-5-6-18-32-30(36)24(4)33(20-25-12-14-26(31)15-13-25)29(35)21-34(27-9-7-8-23(3)19-27)39(37,38)28-16-10-22(2)11-17-28/h7-17,19,24H,5-6,18,20-21H2,1-4H3,(H,32,36)/t24-/m1/s1. The number of nitrogens with zero attached hydrogens (tertiary/aromatic N) is 2. The van der Waals surface area contributed by atoms with Gasteiger partial charge in [-0.1, -0.05) is 66.9 Å². The van der Waals surface area contributed by atoms with Gasteiger partial charge in [0.25, 0.3) is 10.0 Å². The van der Waals surface area contributed by atoms with Gasteiger partial charge in [0.15, 0.2) is 0 Å². The quantitative estimate of drug-likeness (QED) is 0.292. The fourth-order valence-corrected chi connectivity index (χ4v) is 5.59. The molecule has 39 heavy (non-hydrogen) atoms. The van der Waals surface area contributed by atoms with Gasteiger partial charge in [-0.05, 0) is 74.7 Å². The van der Waals surface area contributed by atoms with Crippen molar-refractivity contribution in [3.05, 3.63) is 94.5 Å². The molecule has 1 N–H and O–H groups in total. The van der Waals surface area contributed by atoms with E-state index in [1.165, 1.54) is 17.0 Å². The van der Waals surface area contributed by atoms with E-state index < -0.39 is 28.5 Å². The zero-order chi connectivity index (χ0) is 28.6. The molecule has 208 valence electrons. The van der Waals surface area contributed by atoms with E-state index in [-0.39, 0.29) is 17.3 Å². The second kappa shape index (κ2) is 13.6. The first-order chi connectivity index (χ1) is 18.5. The Labute approximate surface area is 236 Å². The van der Waals surface area contributed by atoms with Crippen LogP contribution in [-0.2, 0) is 26.2 Å². The first kappa shape index (κ1) is 30.2. The third kappa shape index (κ3) is 8.07. The number of unbranched alkanes of at least 4 members (excludes halogenated alkanes) is 1. The van der Waals surface area contributed by atoms with Crippen molar-refractivity contribution in [3.8, 4) is 0 Å². The van der Waals surface area contributed by atoms with Crippen molar-refractivity contribution in [2.75, 3.05) is 17.4 Å². The Hall–Kier alpha value is -3.36. The topological polar surface area (TPSA) is 86.8 Å². The minimum atomic E-state index is -4.09. The lowest BCUT2D eigenvalue weighted by atomic mass is 10.1. The molecule has 9 heteroatoms. The molecule has 0 aliphatic heterocycles. The third-order valence-electron chi connectivity index (χ3n) is 6.44. The van der Waals surface area contributed by atoms with E-state index in [4.69, 9.17) is 11.6 Å². The number of nitrogens with one attached hydrogen (secondary N) is 1. The lowest BCUT2D eigenvalue weighted by molar-refractivity contribution is -0.139. The van der Waals surface area contributed by atoms with Crippen LogP contribution in [0.3, 0.4) is 0 Å². The number of hydrogen-bond acceptors (Lipinski definition) is 4. The first-order valence-corrected chi connectivity index (χ1v) is 14.8. The van der Waals surface area contributed by atoms with Crippen LogP contribution in [0.5, 0.6) is 0 Å². The van der Waals surface area contributed by atoms with E-state index in [0.717, 1.165) is 33.8 Å². The maximum atomic E-state index is 13.9. The van der Waals surface area contributed by atoms with Crippen LogP contribution in [0.1, 0.15) is 43.4 Å². The van der Waals surface area contributed by atoms with Crippen LogP contribution in [0.4, 0.5) is 5.69 Å². The molecule has 0 aromatic heterocycles. The summed E-state index contributed by atoms with van der Waals surface area (Å²) in [7, 11) is -4.09. The van der Waals surface area contributed by atoms with Crippen LogP contribution in [0, 0.1) is 13.8 Å². The van der Waals surface area contributed by atoms with Gasteiger partial charge in [-0.3, -0.25) is 13.9 Å². The van der Waals surface area contributed by atoms with Crippen molar-refractivity contribution in [1.29, 1.82) is 0 Å². The molecule has 0 saturated carbocycles. The lowest BCUT2D eigenvalue weighted by Crippen LogP contribution is -2.51. The van der Waals surface area contributed by atoms with Crippen LogP contribution >= 0.6 is 11.6 Å². The van der Waals surface area contributed by atoms with Gasteiger partial charge in [0.2, 0.25) is 11.8 Å². The average Bonchev–Trinajstić information content (AvgIpc) is 2.91. The van der Waals surface area contributed by atoms with E-state index >= 15 is 0 Å². The fourth-order valence-electron chi connectivity index (χ4n) is 4.05. The summed E-state index contributed by atoms with van der Waals surface area (Å²) in [6.07, 6.45) is 1.74. The highest BCUT2D eigenvalue weighted by molar-refractivity contribution is 7.92. The predicted molar refractivity (Wildman–Crippen MR) is 156 cm³/mol. The Morgan fingerprint density at radius 3 is 2.23 bits per heavy atom. The van der Waals surface area contributed by atoms with Crippen molar-refractivity contribution in [2.24, 2.45) is 0 Å². The molecule has 0 unspecified atom stereocenters. The summed E-state index contributed by atoms with van der Waals surface area (Å²) in [6, 6.07) is 19.7. The average molecular weight is 570 g/mol. The molecule has 0 aliphatic rings.